The number of aromatic amines is 1. The van der Waals surface area contributed by atoms with E-state index < -0.39 is 0 Å². The van der Waals surface area contributed by atoms with Gasteiger partial charge in [0, 0.05) is 0 Å². The van der Waals surface area contributed by atoms with Crippen LogP contribution in [0.1, 0.15) is 161 Å². The molecule has 0 bridgehead atoms. The first kappa shape index (κ1) is 26.2. The standard InChI is InChI=1S/C27H52N2/c1-5-7-8-9-10-11-12-13-14-15-16-17-18-19-20-22-26(21-6-2)27-28-23-24-29(27)25(3)4/h23-26H,5-22H2,1-4H3/p+1/t26-/m0/s1. The van der Waals surface area contributed by atoms with Crippen molar-refractivity contribution in [1.82, 2.24) is 4.98 Å². The molecule has 1 atom stereocenters. The molecule has 1 aromatic rings. The molecule has 0 aliphatic rings. The molecule has 0 fully saturated rings. The molecule has 29 heavy (non-hydrogen) atoms. The summed E-state index contributed by atoms with van der Waals surface area (Å²) in [5.74, 6) is 2.16. The number of hydrogen-bond donors (Lipinski definition) is 1. The Morgan fingerprint density at radius 2 is 1.14 bits per heavy atom. The van der Waals surface area contributed by atoms with E-state index in [-0.39, 0.29) is 0 Å². The summed E-state index contributed by atoms with van der Waals surface area (Å²) in [6.45, 7) is 9.19. The fourth-order valence-electron chi connectivity index (χ4n) is 4.67. The highest BCUT2D eigenvalue weighted by Crippen LogP contribution is 2.25. The van der Waals surface area contributed by atoms with Crippen molar-refractivity contribution in [2.75, 3.05) is 0 Å². The molecule has 0 amide bonds. The zero-order valence-electron chi connectivity index (χ0n) is 20.5. The molecule has 0 unspecified atom stereocenters. The van der Waals surface area contributed by atoms with Gasteiger partial charge < -0.3 is 0 Å². The van der Waals surface area contributed by atoms with Gasteiger partial charge in [0.05, 0.1) is 12.0 Å². The Morgan fingerprint density at radius 1 is 0.655 bits per heavy atom. The lowest BCUT2D eigenvalue weighted by Gasteiger charge is -2.14. The maximum absolute atomic E-state index is 3.54. The normalized spacial score (nSPS) is 12.7. The molecule has 0 spiro atoms. The van der Waals surface area contributed by atoms with E-state index in [1.54, 1.807) is 0 Å². The Hall–Kier alpha value is -0.790. The summed E-state index contributed by atoms with van der Waals surface area (Å²) in [5.41, 5.74) is 0. The van der Waals surface area contributed by atoms with E-state index in [4.69, 9.17) is 0 Å². The molecule has 0 aliphatic carbocycles. The lowest BCUT2D eigenvalue weighted by molar-refractivity contribution is -0.723. The van der Waals surface area contributed by atoms with Crippen LogP contribution >= 0.6 is 0 Å². The second-order valence-corrected chi connectivity index (χ2v) is 9.57. The third kappa shape index (κ3) is 12.5. The zero-order valence-corrected chi connectivity index (χ0v) is 20.5. The van der Waals surface area contributed by atoms with Gasteiger partial charge in [-0.25, -0.2) is 9.55 Å². The van der Waals surface area contributed by atoms with Crippen LogP contribution in [0.5, 0.6) is 0 Å². The van der Waals surface area contributed by atoms with Crippen LogP contribution in [0.2, 0.25) is 0 Å². The van der Waals surface area contributed by atoms with E-state index in [9.17, 15) is 0 Å². The molecule has 1 rings (SSSR count). The van der Waals surface area contributed by atoms with Gasteiger partial charge in [-0.15, -0.1) is 0 Å². The van der Waals surface area contributed by atoms with Crippen LogP contribution in [0.25, 0.3) is 0 Å². The summed E-state index contributed by atoms with van der Waals surface area (Å²) < 4.78 is 2.44. The van der Waals surface area contributed by atoms with Crippen LogP contribution in [0.15, 0.2) is 12.4 Å². The van der Waals surface area contributed by atoms with Gasteiger partial charge in [0.2, 0.25) is 0 Å². The van der Waals surface area contributed by atoms with Crippen molar-refractivity contribution in [1.29, 1.82) is 0 Å². The van der Waals surface area contributed by atoms with Gasteiger partial charge >= 0.3 is 0 Å². The van der Waals surface area contributed by atoms with E-state index in [1.807, 2.05) is 0 Å². The summed E-state index contributed by atoms with van der Waals surface area (Å²) in [6, 6.07) is 0.552. The topological polar surface area (TPSA) is 19.7 Å². The van der Waals surface area contributed by atoms with Crippen LogP contribution in [-0.4, -0.2) is 4.98 Å². The van der Waals surface area contributed by atoms with Gasteiger partial charge in [-0.2, -0.15) is 0 Å². The quantitative estimate of drug-likeness (QED) is 0.165. The first-order valence-electron chi connectivity index (χ1n) is 13.3. The number of unbranched alkanes of at least 4 members (excludes halogenated alkanes) is 14. The van der Waals surface area contributed by atoms with Crippen molar-refractivity contribution in [3.8, 4) is 0 Å². The van der Waals surface area contributed by atoms with Crippen LogP contribution < -0.4 is 4.57 Å². The summed E-state index contributed by atoms with van der Waals surface area (Å²) in [6.07, 6.45) is 30.0. The summed E-state index contributed by atoms with van der Waals surface area (Å²) in [5, 5.41) is 0. The number of imidazole rings is 1. The van der Waals surface area contributed by atoms with Crippen LogP contribution in [0.4, 0.5) is 0 Å². The molecule has 2 heteroatoms. The van der Waals surface area contributed by atoms with Crippen molar-refractivity contribution in [3.63, 3.8) is 0 Å². The summed E-state index contributed by atoms with van der Waals surface area (Å²) in [7, 11) is 0. The third-order valence-electron chi connectivity index (χ3n) is 6.48. The SMILES string of the molecule is CCCCCCCCCCCCCCCCC[C@H](CCC)c1[nH]cc[n+]1C(C)C. The zero-order chi connectivity index (χ0) is 21.2. The highest BCUT2D eigenvalue weighted by atomic mass is 15.1. The van der Waals surface area contributed by atoms with Crippen molar-refractivity contribution < 1.29 is 4.57 Å². The molecule has 0 aromatic carbocycles. The summed E-state index contributed by atoms with van der Waals surface area (Å²) in [4.78, 5) is 3.54. The van der Waals surface area contributed by atoms with E-state index >= 15 is 0 Å². The minimum Gasteiger partial charge on any atom is -0.247 e. The van der Waals surface area contributed by atoms with E-state index in [1.165, 1.54) is 121 Å². The smallest absolute Gasteiger partial charge is 0.247 e. The predicted molar refractivity (Wildman–Crippen MR) is 129 cm³/mol. The maximum Gasteiger partial charge on any atom is 0.257 e. The minimum atomic E-state index is 0.552. The highest BCUT2D eigenvalue weighted by molar-refractivity contribution is 4.90. The van der Waals surface area contributed by atoms with Crippen LogP contribution in [-0.2, 0) is 0 Å². The first-order valence-corrected chi connectivity index (χ1v) is 13.3. The minimum absolute atomic E-state index is 0.552. The second kappa shape index (κ2) is 18.0. The summed E-state index contributed by atoms with van der Waals surface area (Å²) >= 11 is 0. The molecular formula is C27H53N2+. The average molecular weight is 406 g/mol. The lowest BCUT2D eigenvalue weighted by atomic mass is 9.94. The molecule has 1 N–H and O–H groups in total. The monoisotopic (exact) mass is 405 g/mol. The lowest BCUT2D eigenvalue weighted by Crippen LogP contribution is -2.39. The predicted octanol–water partition coefficient (Wildman–Crippen LogP) is 9.03. The number of nitrogens with zero attached hydrogens (tertiary/aromatic N) is 1. The fourth-order valence-corrected chi connectivity index (χ4v) is 4.67. The van der Waals surface area contributed by atoms with Crippen LogP contribution in [0.3, 0.4) is 0 Å². The van der Waals surface area contributed by atoms with Gasteiger partial charge in [0.1, 0.15) is 12.4 Å². The molecule has 0 aliphatic heterocycles. The largest absolute Gasteiger partial charge is 0.257 e. The van der Waals surface area contributed by atoms with Crippen molar-refractivity contribution in [2.45, 2.75) is 155 Å². The first-order chi connectivity index (χ1) is 14.2. The van der Waals surface area contributed by atoms with Gasteiger partial charge in [0.25, 0.3) is 5.82 Å². The number of aromatic nitrogens is 2. The Labute approximate surface area is 183 Å². The third-order valence-corrected chi connectivity index (χ3v) is 6.48. The van der Waals surface area contributed by atoms with E-state index in [0.29, 0.717) is 12.0 Å². The van der Waals surface area contributed by atoms with Gasteiger partial charge in [0.15, 0.2) is 0 Å². The Kier molecular flexibility index (Phi) is 16.3. The van der Waals surface area contributed by atoms with Gasteiger partial charge in [-0.05, 0) is 26.7 Å². The number of hydrogen-bond acceptors (Lipinski definition) is 0. The molecule has 1 aromatic heterocycles. The van der Waals surface area contributed by atoms with Crippen LogP contribution in [0, 0.1) is 0 Å². The Morgan fingerprint density at radius 3 is 1.59 bits per heavy atom. The number of rotatable bonds is 20. The molecule has 2 nitrogen and oxygen atoms in total. The molecule has 1 heterocycles. The average Bonchev–Trinajstić information content (AvgIpc) is 3.20. The fraction of sp³-hybridized carbons (Fsp3) is 0.889. The van der Waals surface area contributed by atoms with E-state index in [0.717, 1.165) is 0 Å². The van der Waals surface area contributed by atoms with Gasteiger partial charge in [-0.1, -0.05) is 117 Å². The molecule has 0 saturated carbocycles. The molecule has 0 saturated heterocycles. The maximum atomic E-state index is 3.54. The van der Waals surface area contributed by atoms with E-state index in [2.05, 4.69) is 49.6 Å². The Bertz CT molecular complexity index is 463. The highest BCUT2D eigenvalue weighted by Gasteiger charge is 2.23. The van der Waals surface area contributed by atoms with Crippen molar-refractivity contribution in [2.24, 2.45) is 0 Å². The van der Waals surface area contributed by atoms with Crippen molar-refractivity contribution >= 4 is 0 Å². The number of nitrogens with one attached hydrogen (secondary N) is 1. The van der Waals surface area contributed by atoms with Crippen molar-refractivity contribution in [3.05, 3.63) is 18.2 Å². The Balaban J connectivity index is 1.99. The number of H-pyrrole nitrogens is 1. The molecular weight excluding hydrogens is 352 g/mol. The molecule has 170 valence electrons. The molecule has 0 radical (unpaired) electrons. The second-order valence-electron chi connectivity index (χ2n) is 9.57. The van der Waals surface area contributed by atoms with Gasteiger partial charge in [-0.3, -0.25) is 0 Å².